The molecule has 25 heavy (non-hydrogen) atoms. The van der Waals surface area contributed by atoms with E-state index in [9.17, 15) is 4.79 Å². The Labute approximate surface area is 150 Å². The highest BCUT2D eigenvalue weighted by Crippen LogP contribution is 2.20. The van der Waals surface area contributed by atoms with Crippen molar-refractivity contribution in [2.24, 2.45) is 5.92 Å². The summed E-state index contributed by atoms with van der Waals surface area (Å²) in [7, 11) is 0. The Morgan fingerprint density at radius 3 is 2.40 bits per heavy atom. The van der Waals surface area contributed by atoms with E-state index in [0.717, 1.165) is 36.8 Å². The third-order valence-corrected chi connectivity index (χ3v) is 4.41. The summed E-state index contributed by atoms with van der Waals surface area (Å²) in [6, 6.07) is 7.37. The first-order valence-corrected chi connectivity index (χ1v) is 9.24. The van der Waals surface area contributed by atoms with E-state index >= 15 is 0 Å². The number of hydrogen-bond donors (Lipinski definition) is 0. The van der Waals surface area contributed by atoms with Gasteiger partial charge in [-0.2, -0.15) is 0 Å². The normalized spacial score (nSPS) is 12.0. The van der Waals surface area contributed by atoms with Crippen molar-refractivity contribution in [3.05, 3.63) is 42.2 Å². The standard InChI is InChI=1S/C21H28N2O2/c1-4-6-7-17-14-22-21(23-15-17)18-9-11-19(12-10-18)25-20(24)13-8-16(3)5-2/h9-12,14-16H,4-8,13H2,1-3H3. The summed E-state index contributed by atoms with van der Waals surface area (Å²) in [6.07, 6.45) is 9.52. The molecule has 0 aliphatic rings. The maximum atomic E-state index is 11.9. The van der Waals surface area contributed by atoms with Crippen LogP contribution in [0.15, 0.2) is 36.7 Å². The molecule has 2 aromatic rings. The number of nitrogens with zero attached hydrogens (tertiary/aromatic N) is 2. The summed E-state index contributed by atoms with van der Waals surface area (Å²) in [6.45, 7) is 6.46. The van der Waals surface area contributed by atoms with Gasteiger partial charge >= 0.3 is 5.97 Å². The van der Waals surface area contributed by atoms with Crippen LogP contribution in [0.25, 0.3) is 11.4 Å². The van der Waals surface area contributed by atoms with Crippen molar-refractivity contribution in [3.63, 3.8) is 0 Å². The molecule has 4 heteroatoms. The first-order chi connectivity index (χ1) is 12.1. The molecule has 1 atom stereocenters. The van der Waals surface area contributed by atoms with Gasteiger partial charge in [0.1, 0.15) is 5.75 Å². The van der Waals surface area contributed by atoms with Gasteiger partial charge < -0.3 is 4.74 Å². The third-order valence-electron chi connectivity index (χ3n) is 4.41. The van der Waals surface area contributed by atoms with Gasteiger partial charge in [0.25, 0.3) is 0 Å². The highest BCUT2D eigenvalue weighted by Gasteiger charge is 2.08. The second-order valence-corrected chi connectivity index (χ2v) is 6.57. The third kappa shape index (κ3) is 6.29. The van der Waals surface area contributed by atoms with Crippen molar-refractivity contribution in [1.82, 2.24) is 9.97 Å². The first-order valence-electron chi connectivity index (χ1n) is 9.24. The Morgan fingerprint density at radius 1 is 1.12 bits per heavy atom. The van der Waals surface area contributed by atoms with E-state index in [0.29, 0.717) is 23.9 Å². The van der Waals surface area contributed by atoms with Gasteiger partial charge in [0.2, 0.25) is 0 Å². The number of hydrogen-bond acceptors (Lipinski definition) is 4. The van der Waals surface area contributed by atoms with E-state index in [1.807, 2.05) is 24.5 Å². The zero-order valence-corrected chi connectivity index (χ0v) is 15.5. The summed E-state index contributed by atoms with van der Waals surface area (Å²) < 4.78 is 5.38. The van der Waals surface area contributed by atoms with Crippen molar-refractivity contribution in [1.29, 1.82) is 0 Å². The highest BCUT2D eigenvalue weighted by atomic mass is 16.5. The van der Waals surface area contributed by atoms with E-state index in [1.165, 1.54) is 6.42 Å². The molecular weight excluding hydrogens is 312 g/mol. The van der Waals surface area contributed by atoms with Gasteiger partial charge in [-0.1, -0.05) is 33.6 Å². The maximum absolute atomic E-state index is 11.9. The Kier molecular flexibility index (Phi) is 7.58. The molecule has 0 saturated heterocycles. The Hall–Kier alpha value is -2.23. The SMILES string of the molecule is CCCCc1cnc(-c2ccc(OC(=O)CCC(C)CC)cc2)nc1. The van der Waals surface area contributed by atoms with E-state index < -0.39 is 0 Å². The average Bonchev–Trinajstić information content (AvgIpc) is 2.65. The lowest BCUT2D eigenvalue weighted by Gasteiger charge is -2.08. The summed E-state index contributed by atoms with van der Waals surface area (Å²) in [4.78, 5) is 20.7. The van der Waals surface area contributed by atoms with Gasteiger partial charge in [0.15, 0.2) is 5.82 Å². The minimum absolute atomic E-state index is 0.176. The number of esters is 1. The van der Waals surface area contributed by atoms with Crippen molar-refractivity contribution in [2.75, 3.05) is 0 Å². The van der Waals surface area contributed by atoms with Crippen LogP contribution >= 0.6 is 0 Å². The second kappa shape index (κ2) is 9.92. The molecule has 0 saturated carbocycles. The number of carbonyl (C=O) groups is 1. The van der Waals surface area contributed by atoms with Crippen LogP contribution in [0.5, 0.6) is 5.75 Å². The first kappa shape index (κ1) is 19.1. The lowest BCUT2D eigenvalue weighted by Crippen LogP contribution is -2.09. The van der Waals surface area contributed by atoms with Crippen LogP contribution in [0.1, 0.15) is 58.4 Å². The number of carbonyl (C=O) groups excluding carboxylic acids is 1. The summed E-state index contributed by atoms with van der Waals surface area (Å²) >= 11 is 0. The van der Waals surface area contributed by atoms with Gasteiger partial charge in [-0.3, -0.25) is 4.79 Å². The molecule has 1 aromatic heterocycles. The molecule has 2 rings (SSSR count). The van der Waals surface area contributed by atoms with Gasteiger partial charge in [-0.25, -0.2) is 9.97 Å². The molecule has 0 N–H and O–H groups in total. The zero-order valence-electron chi connectivity index (χ0n) is 15.5. The van der Waals surface area contributed by atoms with Crippen LogP contribution in [0.4, 0.5) is 0 Å². The van der Waals surface area contributed by atoms with Crippen LogP contribution in [-0.2, 0) is 11.2 Å². The highest BCUT2D eigenvalue weighted by molar-refractivity contribution is 5.72. The van der Waals surface area contributed by atoms with Crippen LogP contribution in [0, 0.1) is 5.92 Å². The predicted octanol–water partition coefficient (Wildman–Crippen LogP) is 5.22. The predicted molar refractivity (Wildman–Crippen MR) is 100 cm³/mol. The number of ether oxygens (including phenoxy) is 1. The van der Waals surface area contributed by atoms with Crippen molar-refractivity contribution >= 4 is 5.97 Å². The topological polar surface area (TPSA) is 52.1 Å². The molecule has 0 radical (unpaired) electrons. The zero-order chi connectivity index (χ0) is 18.1. The minimum Gasteiger partial charge on any atom is -0.427 e. The average molecular weight is 340 g/mol. The van der Waals surface area contributed by atoms with Gasteiger partial charge in [0, 0.05) is 24.4 Å². The number of benzene rings is 1. The fourth-order valence-corrected chi connectivity index (χ4v) is 2.44. The molecule has 1 aromatic carbocycles. The van der Waals surface area contributed by atoms with Crippen LogP contribution in [0.2, 0.25) is 0 Å². The van der Waals surface area contributed by atoms with Gasteiger partial charge in [-0.05, 0) is 55.0 Å². The summed E-state index contributed by atoms with van der Waals surface area (Å²) in [5.41, 5.74) is 2.08. The fraction of sp³-hybridized carbons (Fsp3) is 0.476. The van der Waals surface area contributed by atoms with E-state index in [2.05, 4.69) is 30.7 Å². The molecule has 0 aliphatic carbocycles. The second-order valence-electron chi connectivity index (χ2n) is 6.57. The molecule has 1 heterocycles. The fourth-order valence-electron chi connectivity index (χ4n) is 2.44. The number of aromatic nitrogens is 2. The summed E-state index contributed by atoms with van der Waals surface area (Å²) in [5.74, 6) is 1.63. The molecule has 0 amide bonds. The minimum atomic E-state index is -0.176. The van der Waals surface area contributed by atoms with Gasteiger partial charge in [-0.15, -0.1) is 0 Å². The van der Waals surface area contributed by atoms with Crippen LogP contribution < -0.4 is 4.74 Å². The van der Waals surface area contributed by atoms with Crippen molar-refractivity contribution < 1.29 is 9.53 Å². The molecule has 4 nitrogen and oxygen atoms in total. The maximum Gasteiger partial charge on any atom is 0.311 e. The lowest BCUT2D eigenvalue weighted by molar-refractivity contribution is -0.134. The number of unbranched alkanes of at least 4 members (excludes halogenated alkanes) is 1. The molecule has 134 valence electrons. The quantitative estimate of drug-likeness (QED) is 0.464. The summed E-state index contributed by atoms with van der Waals surface area (Å²) in [5, 5.41) is 0. The number of aryl methyl sites for hydroxylation is 1. The monoisotopic (exact) mass is 340 g/mol. The number of rotatable bonds is 9. The Bertz CT molecular complexity index is 651. The van der Waals surface area contributed by atoms with Gasteiger partial charge in [0.05, 0.1) is 0 Å². The molecule has 0 spiro atoms. The van der Waals surface area contributed by atoms with Crippen LogP contribution in [-0.4, -0.2) is 15.9 Å². The molecule has 0 bridgehead atoms. The Morgan fingerprint density at radius 2 is 1.80 bits per heavy atom. The van der Waals surface area contributed by atoms with Crippen molar-refractivity contribution in [2.45, 2.75) is 59.3 Å². The van der Waals surface area contributed by atoms with E-state index in [-0.39, 0.29) is 5.97 Å². The largest absolute Gasteiger partial charge is 0.427 e. The Balaban J connectivity index is 1.91. The van der Waals surface area contributed by atoms with Crippen LogP contribution in [0.3, 0.4) is 0 Å². The van der Waals surface area contributed by atoms with E-state index in [4.69, 9.17) is 4.74 Å². The lowest BCUT2D eigenvalue weighted by atomic mass is 10.0. The molecule has 0 fully saturated rings. The van der Waals surface area contributed by atoms with Crippen molar-refractivity contribution in [3.8, 4) is 17.1 Å². The molecular formula is C21H28N2O2. The smallest absolute Gasteiger partial charge is 0.311 e. The molecule has 0 aliphatic heterocycles. The van der Waals surface area contributed by atoms with E-state index in [1.54, 1.807) is 12.1 Å². The molecule has 1 unspecified atom stereocenters.